The molecule has 0 aromatic heterocycles. The van der Waals surface area contributed by atoms with Crippen molar-refractivity contribution in [2.24, 2.45) is 5.73 Å². The lowest BCUT2D eigenvalue weighted by atomic mass is 10.1. The van der Waals surface area contributed by atoms with Crippen LogP contribution < -0.4 is 10.6 Å². The Bertz CT molecular complexity index is 640. The molecule has 2 aromatic carbocycles. The third-order valence-corrected chi connectivity index (χ3v) is 3.86. The monoisotopic (exact) mass is 348 g/mol. The lowest BCUT2D eigenvalue weighted by molar-refractivity contribution is 1.02. The molecule has 20 heavy (non-hydrogen) atoms. The second-order valence-corrected chi connectivity index (χ2v) is 5.96. The number of halogens is 1. The van der Waals surface area contributed by atoms with Gasteiger partial charge in [0.1, 0.15) is 4.99 Å². The first-order valence-corrected chi connectivity index (χ1v) is 7.66. The molecule has 2 N–H and O–H groups in total. The van der Waals surface area contributed by atoms with Gasteiger partial charge in [-0.15, -0.1) is 0 Å². The van der Waals surface area contributed by atoms with Gasteiger partial charge in [-0.2, -0.15) is 0 Å². The molecule has 0 radical (unpaired) electrons. The van der Waals surface area contributed by atoms with Crippen LogP contribution in [0.5, 0.6) is 0 Å². The van der Waals surface area contributed by atoms with E-state index in [0.29, 0.717) is 4.99 Å². The van der Waals surface area contributed by atoms with Crippen molar-refractivity contribution in [3.8, 4) is 0 Å². The van der Waals surface area contributed by atoms with E-state index in [1.54, 1.807) is 0 Å². The number of thiocarbonyl (C=S) groups is 1. The number of benzene rings is 2. The summed E-state index contributed by atoms with van der Waals surface area (Å²) in [4.78, 5) is 2.63. The molecule has 2 nitrogen and oxygen atoms in total. The van der Waals surface area contributed by atoms with Crippen LogP contribution in [-0.4, -0.2) is 11.5 Å². The van der Waals surface area contributed by atoms with E-state index in [1.165, 1.54) is 5.56 Å². The molecule has 0 amide bonds. The fourth-order valence-corrected chi connectivity index (χ4v) is 2.75. The summed E-state index contributed by atoms with van der Waals surface area (Å²) in [5.41, 5.74) is 10.1. The van der Waals surface area contributed by atoms with E-state index < -0.39 is 0 Å². The molecule has 0 saturated heterocycles. The minimum absolute atomic E-state index is 0.415. The van der Waals surface area contributed by atoms with Crippen LogP contribution in [0.2, 0.25) is 0 Å². The standard InChI is InChI=1S/C16H17BrN2S/c1-3-19(13-6-4-5-11(2)9-13)15-10-12(17)7-8-14(15)16(18)20/h4-10H,3H2,1-2H3,(H2,18,20). The highest BCUT2D eigenvalue weighted by atomic mass is 79.9. The Morgan fingerprint density at radius 3 is 2.60 bits per heavy atom. The maximum atomic E-state index is 5.85. The Morgan fingerprint density at radius 2 is 2.00 bits per heavy atom. The predicted octanol–water partition coefficient (Wildman–Crippen LogP) is 4.55. The first-order chi connectivity index (χ1) is 9.52. The van der Waals surface area contributed by atoms with Crippen molar-refractivity contribution in [1.82, 2.24) is 0 Å². The summed E-state index contributed by atoms with van der Waals surface area (Å²) in [6.45, 7) is 5.05. The zero-order chi connectivity index (χ0) is 14.7. The normalized spacial score (nSPS) is 10.3. The first kappa shape index (κ1) is 15.0. The summed E-state index contributed by atoms with van der Waals surface area (Å²) in [5, 5.41) is 0. The fourth-order valence-electron chi connectivity index (χ4n) is 2.22. The quantitative estimate of drug-likeness (QED) is 0.821. The van der Waals surface area contributed by atoms with Crippen molar-refractivity contribution < 1.29 is 0 Å². The van der Waals surface area contributed by atoms with Gasteiger partial charge in [-0.1, -0.05) is 40.3 Å². The van der Waals surface area contributed by atoms with Crippen molar-refractivity contribution in [3.63, 3.8) is 0 Å². The van der Waals surface area contributed by atoms with E-state index in [1.807, 2.05) is 12.1 Å². The average Bonchev–Trinajstić information content (AvgIpc) is 2.39. The van der Waals surface area contributed by atoms with Gasteiger partial charge in [0.15, 0.2) is 0 Å². The molecule has 0 saturated carbocycles. The van der Waals surface area contributed by atoms with E-state index in [4.69, 9.17) is 18.0 Å². The van der Waals surface area contributed by atoms with Crippen LogP contribution in [0.25, 0.3) is 0 Å². The lowest BCUT2D eigenvalue weighted by Crippen LogP contribution is -2.21. The van der Waals surface area contributed by atoms with Gasteiger partial charge < -0.3 is 10.6 Å². The van der Waals surface area contributed by atoms with Crippen molar-refractivity contribution in [2.75, 3.05) is 11.4 Å². The second-order valence-electron chi connectivity index (χ2n) is 4.61. The number of aryl methyl sites for hydroxylation is 1. The Labute approximate surface area is 133 Å². The van der Waals surface area contributed by atoms with Gasteiger partial charge in [0.2, 0.25) is 0 Å². The van der Waals surface area contributed by atoms with Crippen LogP contribution in [-0.2, 0) is 0 Å². The maximum Gasteiger partial charge on any atom is 0.106 e. The van der Waals surface area contributed by atoms with E-state index in [0.717, 1.165) is 28.0 Å². The van der Waals surface area contributed by atoms with Crippen molar-refractivity contribution in [3.05, 3.63) is 58.1 Å². The zero-order valence-electron chi connectivity index (χ0n) is 11.6. The summed E-state index contributed by atoms with van der Waals surface area (Å²) in [5.74, 6) is 0. The number of nitrogens with zero attached hydrogens (tertiary/aromatic N) is 1. The molecule has 0 spiro atoms. The molecule has 0 aliphatic rings. The Hall–Kier alpha value is -1.39. The summed E-state index contributed by atoms with van der Waals surface area (Å²) in [6.07, 6.45) is 0. The molecule has 2 rings (SSSR count). The van der Waals surface area contributed by atoms with E-state index in [-0.39, 0.29) is 0 Å². The Balaban J connectivity index is 2.57. The number of hydrogen-bond acceptors (Lipinski definition) is 2. The Morgan fingerprint density at radius 1 is 1.25 bits per heavy atom. The molecule has 104 valence electrons. The van der Waals surface area contributed by atoms with Gasteiger partial charge >= 0.3 is 0 Å². The minimum atomic E-state index is 0.415. The second kappa shape index (κ2) is 6.37. The molecule has 2 aromatic rings. The maximum absolute atomic E-state index is 5.85. The highest BCUT2D eigenvalue weighted by Crippen LogP contribution is 2.31. The number of hydrogen-bond donors (Lipinski definition) is 1. The Kier molecular flexibility index (Phi) is 4.78. The molecule has 0 heterocycles. The van der Waals surface area contributed by atoms with Crippen LogP contribution in [0.1, 0.15) is 18.1 Å². The summed E-state index contributed by atoms with van der Waals surface area (Å²) in [6, 6.07) is 14.4. The van der Waals surface area contributed by atoms with Gasteiger partial charge in [0.25, 0.3) is 0 Å². The van der Waals surface area contributed by atoms with Crippen LogP contribution in [0.4, 0.5) is 11.4 Å². The van der Waals surface area contributed by atoms with Crippen LogP contribution in [0.3, 0.4) is 0 Å². The van der Waals surface area contributed by atoms with Gasteiger partial charge in [0.05, 0.1) is 5.69 Å². The topological polar surface area (TPSA) is 29.3 Å². The first-order valence-electron chi connectivity index (χ1n) is 6.46. The molecule has 0 bridgehead atoms. The number of nitrogens with two attached hydrogens (primary N) is 1. The summed E-state index contributed by atoms with van der Waals surface area (Å²) < 4.78 is 1.01. The van der Waals surface area contributed by atoms with Crippen LogP contribution in [0.15, 0.2) is 46.9 Å². The van der Waals surface area contributed by atoms with Crippen molar-refractivity contribution in [1.29, 1.82) is 0 Å². The fraction of sp³-hybridized carbons (Fsp3) is 0.188. The third kappa shape index (κ3) is 3.19. The van der Waals surface area contributed by atoms with Gasteiger partial charge in [0, 0.05) is 22.3 Å². The summed E-state index contributed by atoms with van der Waals surface area (Å²) in [7, 11) is 0. The SMILES string of the molecule is CCN(c1cccc(C)c1)c1cc(Br)ccc1C(N)=S. The third-order valence-electron chi connectivity index (χ3n) is 3.15. The molecular weight excluding hydrogens is 332 g/mol. The minimum Gasteiger partial charge on any atom is -0.389 e. The molecule has 4 heteroatoms. The largest absolute Gasteiger partial charge is 0.389 e. The zero-order valence-corrected chi connectivity index (χ0v) is 14.0. The van der Waals surface area contributed by atoms with Crippen LogP contribution in [0, 0.1) is 6.92 Å². The average molecular weight is 349 g/mol. The highest BCUT2D eigenvalue weighted by Gasteiger charge is 2.14. The predicted molar refractivity (Wildman–Crippen MR) is 93.9 cm³/mol. The highest BCUT2D eigenvalue weighted by molar-refractivity contribution is 9.10. The van der Waals surface area contributed by atoms with Crippen molar-refractivity contribution in [2.45, 2.75) is 13.8 Å². The van der Waals surface area contributed by atoms with E-state index in [2.05, 4.69) is 65.0 Å². The van der Waals surface area contributed by atoms with Gasteiger partial charge in [-0.05, 0) is 49.7 Å². The molecule has 0 fully saturated rings. The molecular formula is C16H17BrN2S. The van der Waals surface area contributed by atoms with Crippen molar-refractivity contribution >= 4 is 44.5 Å². The molecule has 0 atom stereocenters. The molecule has 0 aliphatic carbocycles. The van der Waals surface area contributed by atoms with Crippen LogP contribution >= 0.6 is 28.1 Å². The van der Waals surface area contributed by atoms with E-state index in [9.17, 15) is 0 Å². The number of anilines is 2. The molecule has 0 aliphatic heterocycles. The van der Waals surface area contributed by atoms with Gasteiger partial charge in [-0.25, -0.2) is 0 Å². The number of rotatable bonds is 4. The smallest absolute Gasteiger partial charge is 0.106 e. The van der Waals surface area contributed by atoms with E-state index >= 15 is 0 Å². The van der Waals surface area contributed by atoms with Gasteiger partial charge in [-0.3, -0.25) is 0 Å². The lowest BCUT2D eigenvalue weighted by Gasteiger charge is -2.26. The molecule has 0 unspecified atom stereocenters. The summed E-state index contributed by atoms with van der Waals surface area (Å²) >= 11 is 8.69.